The van der Waals surface area contributed by atoms with Crippen molar-refractivity contribution in [2.24, 2.45) is 5.92 Å². The normalized spacial score (nSPS) is 19.8. The molecule has 0 unspecified atom stereocenters. The third-order valence-electron chi connectivity index (χ3n) is 6.44. The minimum atomic E-state index is -3.73. The van der Waals surface area contributed by atoms with E-state index >= 15 is 0 Å². The number of halogens is 4. The van der Waals surface area contributed by atoms with Crippen molar-refractivity contribution in [3.63, 3.8) is 0 Å². The molecule has 5 rings (SSSR count). The van der Waals surface area contributed by atoms with Crippen LogP contribution in [0.4, 0.5) is 34.8 Å². The lowest BCUT2D eigenvalue weighted by molar-refractivity contribution is -0.119. The van der Waals surface area contributed by atoms with E-state index in [9.17, 15) is 30.8 Å². The second kappa shape index (κ2) is 9.24. The molecule has 0 radical (unpaired) electrons. The van der Waals surface area contributed by atoms with Gasteiger partial charge in [-0.1, -0.05) is 6.07 Å². The van der Waals surface area contributed by atoms with Crippen molar-refractivity contribution < 1.29 is 35.5 Å². The average molecular weight is 542 g/mol. The standard InChI is InChI=1S/C23H23F4N5O4S/c1-37(34,35)16-8-12(11-4-6-36-7-5-11)2-3-14(16)28-15-9-17(30-22(33)13-10-23(13,26)27)29-20-18(15)31-21(32-20)19(24)25/h2-3,8-9,11,13,19H,4-7,10H2,1H3,(H3,28,29,30,31,32,33)/t13-/m0/s1. The van der Waals surface area contributed by atoms with E-state index in [0.29, 0.717) is 13.2 Å². The Bertz CT molecular complexity index is 1470. The molecule has 1 aliphatic heterocycles. The van der Waals surface area contributed by atoms with Gasteiger partial charge in [0.15, 0.2) is 21.3 Å². The molecule has 3 aromatic rings. The van der Waals surface area contributed by atoms with Crippen molar-refractivity contribution in [1.29, 1.82) is 0 Å². The van der Waals surface area contributed by atoms with Gasteiger partial charge < -0.3 is 20.4 Å². The Morgan fingerprint density at radius 2 is 1.86 bits per heavy atom. The first-order valence-electron chi connectivity index (χ1n) is 11.5. The Balaban J connectivity index is 1.54. The summed E-state index contributed by atoms with van der Waals surface area (Å²) < 4.78 is 84.0. The zero-order valence-corrected chi connectivity index (χ0v) is 20.3. The van der Waals surface area contributed by atoms with Crippen LogP contribution in [0.25, 0.3) is 11.2 Å². The third kappa shape index (κ3) is 5.25. The molecule has 0 spiro atoms. The lowest BCUT2D eigenvalue weighted by atomic mass is 9.91. The van der Waals surface area contributed by atoms with Gasteiger partial charge in [-0.05, 0) is 36.5 Å². The number of imidazole rings is 1. The number of hydrogen-bond acceptors (Lipinski definition) is 7. The van der Waals surface area contributed by atoms with E-state index in [4.69, 9.17) is 4.74 Å². The number of fused-ring (bicyclic) bond motifs is 1. The van der Waals surface area contributed by atoms with Gasteiger partial charge in [-0.15, -0.1) is 0 Å². The number of rotatable bonds is 7. The van der Waals surface area contributed by atoms with Crippen LogP contribution < -0.4 is 10.6 Å². The third-order valence-corrected chi connectivity index (χ3v) is 7.58. The molecule has 1 aliphatic carbocycles. The molecule has 1 aromatic carbocycles. The second-order valence-electron chi connectivity index (χ2n) is 9.22. The Kier molecular flexibility index (Phi) is 6.34. The average Bonchev–Trinajstić information content (AvgIpc) is 3.27. The van der Waals surface area contributed by atoms with Gasteiger partial charge in [-0.3, -0.25) is 4.79 Å². The minimum Gasteiger partial charge on any atom is -0.381 e. The van der Waals surface area contributed by atoms with E-state index in [0.717, 1.165) is 24.7 Å². The number of anilines is 3. The number of amides is 1. The number of ether oxygens (including phenoxy) is 1. The molecular weight excluding hydrogens is 518 g/mol. The topological polar surface area (TPSA) is 126 Å². The summed E-state index contributed by atoms with van der Waals surface area (Å²) in [6.45, 7) is 1.14. The van der Waals surface area contributed by atoms with Crippen molar-refractivity contribution in [2.45, 2.75) is 42.4 Å². The molecule has 3 heterocycles. The van der Waals surface area contributed by atoms with Crippen LogP contribution in [0.15, 0.2) is 29.2 Å². The number of nitrogens with zero attached hydrogens (tertiary/aromatic N) is 2. The summed E-state index contributed by atoms with van der Waals surface area (Å²) in [5.74, 6) is -6.34. The Hall–Kier alpha value is -3.26. The highest BCUT2D eigenvalue weighted by Gasteiger charge is 2.61. The molecule has 2 fully saturated rings. The van der Waals surface area contributed by atoms with Gasteiger partial charge in [0.1, 0.15) is 17.3 Å². The number of nitrogens with one attached hydrogen (secondary N) is 3. The lowest BCUT2D eigenvalue weighted by Gasteiger charge is -2.23. The van der Waals surface area contributed by atoms with E-state index in [1.807, 2.05) is 0 Å². The number of pyridine rings is 1. The molecule has 3 N–H and O–H groups in total. The number of alkyl halides is 4. The fraction of sp³-hybridized carbons (Fsp3) is 0.435. The largest absolute Gasteiger partial charge is 0.381 e. The molecule has 2 aromatic heterocycles. The van der Waals surface area contributed by atoms with Crippen LogP contribution in [-0.4, -0.2) is 54.7 Å². The summed E-state index contributed by atoms with van der Waals surface area (Å²) in [6.07, 6.45) is -1.02. The predicted molar refractivity (Wildman–Crippen MR) is 126 cm³/mol. The number of sulfone groups is 1. The first-order chi connectivity index (χ1) is 17.4. The number of carbonyl (C=O) groups is 1. The van der Waals surface area contributed by atoms with Gasteiger partial charge in [0.2, 0.25) is 5.91 Å². The van der Waals surface area contributed by atoms with Crippen LogP contribution in [0.2, 0.25) is 0 Å². The maximum Gasteiger partial charge on any atom is 0.295 e. The molecule has 2 aliphatic rings. The molecule has 1 amide bonds. The van der Waals surface area contributed by atoms with Crippen molar-refractivity contribution >= 4 is 44.1 Å². The number of hydrogen-bond donors (Lipinski definition) is 3. The first-order valence-corrected chi connectivity index (χ1v) is 13.4. The number of aromatic nitrogens is 3. The van der Waals surface area contributed by atoms with Gasteiger partial charge in [0.25, 0.3) is 12.3 Å². The van der Waals surface area contributed by atoms with Gasteiger partial charge >= 0.3 is 0 Å². The van der Waals surface area contributed by atoms with E-state index in [-0.39, 0.29) is 39.2 Å². The van der Waals surface area contributed by atoms with Crippen LogP contribution in [0.5, 0.6) is 0 Å². The SMILES string of the molecule is CS(=O)(=O)c1cc(C2CCOCC2)ccc1Nc1cc(NC(=O)[C@@H]2CC2(F)F)nc2[nH]c(C(F)F)nc12. The number of benzene rings is 1. The molecule has 37 heavy (non-hydrogen) atoms. The lowest BCUT2D eigenvalue weighted by Crippen LogP contribution is -2.18. The smallest absolute Gasteiger partial charge is 0.295 e. The predicted octanol–water partition coefficient (Wildman–Crippen LogP) is 4.53. The van der Waals surface area contributed by atoms with Crippen LogP contribution in [-0.2, 0) is 19.4 Å². The maximum absolute atomic E-state index is 13.3. The van der Waals surface area contributed by atoms with E-state index in [2.05, 4.69) is 25.6 Å². The van der Waals surface area contributed by atoms with E-state index in [1.54, 1.807) is 18.2 Å². The van der Waals surface area contributed by atoms with Gasteiger partial charge in [0, 0.05) is 32.0 Å². The maximum atomic E-state index is 13.3. The fourth-order valence-electron chi connectivity index (χ4n) is 4.36. The number of H-pyrrole nitrogens is 1. The van der Waals surface area contributed by atoms with Gasteiger partial charge in [-0.2, -0.15) is 0 Å². The summed E-state index contributed by atoms with van der Waals surface area (Å²) in [4.78, 5) is 22.4. The zero-order chi connectivity index (χ0) is 26.5. The van der Waals surface area contributed by atoms with Gasteiger partial charge in [-0.25, -0.2) is 35.9 Å². The summed E-state index contributed by atoms with van der Waals surface area (Å²) in [7, 11) is -3.73. The summed E-state index contributed by atoms with van der Waals surface area (Å²) in [5, 5.41) is 5.19. The highest BCUT2D eigenvalue weighted by molar-refractivity contribution is 7.90. The second-order valence-corrected chi connectivity index (χ2v) is 11.2. The molecular formula is C23H23F4N5O4S. The summed E-state index contributed by atoms with van der Waals surface area (Å²) >= 11 is 0. The Morgan fingerprint density at radius 3 is 2.49 bits per heavy atom. The van der Waals surface area contributed by atoms with Crippen molar-refractivity contribution in [3.05, 3.63) is 35.7 Å². The number of aromatic amines is 1. The molecule has 9 nitrogen and oxygen atoms in total. The van der Waals surface area contributed by atoms with Crippen molar-refractivity contribution in [3.8, 4) is 0 Å². The van der Waals surface area contributed by atoms with E-state index in [1.165, 1.54) is 6.07 Å². The van der Waals surface area contributed by atoms with Gasteiger partial charge in [0.05, 0.1) is 16.3 Å². The van der Waals surface area contributed by atoms with Crippen LogP contribution in [0, 0.1) is 5.92 Å². The van der Waals surface area contributed by atoms with Crippen LogP contribution in [0.3, 0.4) is 0 Å². The molecule has 198 valence electrons. The van der Waals surface area contributed by atoms with Crippen LogP contribution >= 0.6 is 0 Å². The Morgan fingerprint density at radius 1 is 1.16 bits per heavy atom. The minimum absolute atomic E-state index is 0.0192. The molecule has 1 atom stereocenters. The highest BCUT2D eigenvalue weighted by atomic mass is 32.2. The molecule has 14 heteroatoms. The summed E-state index contributed by atoms with van der Waals surface area (Å²) in [5.41, 5.74) is 0.844. The Labute approximate surface area is 208 Å². The quantitative estimate of drug-likeness (QED) is 0.375. The first kappa shape index (κ1) is 25.4. The zero-order valence-electron chi connectivity index (χ0n) is 19.5. The monoisotopic (exact) mass is 541 g/mol. The number of carbonyl (C=O) groups excluding carboxylic acids is 1. The van der Waals surface area contributed by atoms with Crippen LogP contribution in [0.1, 0.15) is 43.0 Å². The molecule has 1 saturated carbocycles. The molecule has 0 bridgehead atoms. The van der Waals surface area contributed by atoms with E-state index < -0.39 is 46.3 Å². The summed E-state index contributed by atoms with van der Waals surface area (Å²) in [6, 6.07) is 6.14. The van der Waals surface area contributed by atoms with Crippen molar-refractivity contribution in [1.82, 2.24) is 15.0 Å². The van der Waals surface area contributed by atoms with Crippen molar-refractivity contribution in [2.75, 3.05) is 30.1 Å². The fourth-order valence-corrected chi connectivity index (χ4v) is 5.23. The highest BCUT2D eigenvalue weighted by Crippen LogP contribution is 2.49. The molecule has 1 saturated heterocycles.